The molecule has 0 aliphatic carbocycles. The van der Waals surface area contributed by atoms with Crippen molar-refractivity contribution in [2.24, 2.45) is 0 Å². The van der Waals surface area contributed by atoms with Crippen LogP contribution in [0.25, 0.3) is 0 Å². The highest BCUT2D eigenvalue weighted by molar-refractivity contribution is 5.76. The Balaban J connectivity index is 1.64. The predicted octanol–water partition coefficient (Wildman–Crippen LogP) is 16.6. The molecule has 12 unspecified atom stereocenters. The van der Waals surface area contributed by atoms with Gasteiger partial charge in [-0.25, -0.2) is 0 Å². The Morgan fingerprint density at radius 2 is 0.737 bits per heavy atom. The van der Waals surface area contributed by atoms with Crippen molar-refractivity contribution in [3.63, 3.8) is 0 Å². The number of allylic oxidation sites excluding steroid dienone is 21. The molecule has 0 radical (unpaired) electrons. The second-order valence-electron chi connectivity index (χ2n) is 26.0. The number of rotatable bonds is 61. The summed E-state index contributed by atoms with van der Waals surface area (Å²) in [7, 11) is 0. The molecule has 2 heterocycles. The van der Waals surface area contributed by atoms with Crippen molar-refractivity contribution in [2.75, 3.05) is 19.8 Å². The molecule has 0 aromatic carbocycles. The zero-order chi connectivity index (χ0) is 68.7. The number of hydrogen-bond donors (Lipinski definition) is 9. The molecule has 14 heteroatoms. The fourth-order valence-electron chi connectivity index (χ4n) is 11.6. The van der Waals surface area contributed by atoms with Gasteiger partial charge in [-0.3, -0.25) is 4.79 Å². The molecule has 544 valence electrons. The van der Waals surface area contributed by atoms with E-state index in [4.69, 9.17) is 18.9 Å². The predicted molar refractivity (Wildman–Crippen MR) is 391 cm³/mol. The Morgan fingerprint density at radius 3 is 1.16 bits per heavy atom. The summed E-state index contributed by atoms with van der Waals surface area (Å²) < 4.78 is 22.9. The molecule has 95 heavy (non-hydrogen) atoms. The van der Waals surface area contributed by atoms with Gasteiger partial charge in [0.05, 0.1) is 32.0 Å². The third kappa shape index (κ3) is 46.9. The number of aliphatic hydroxyl groups is 8. The van der Waals surface area contributed by atoms with Crippen molar-refractivity contribution >= 4 is 5.91 Å². The van der Waals surface area contributed by atoms with Crippen LogP contribution in [-0.4, -0.2) is 140 Å². The Bertz CT molecular complexity index is 2110. The first-order chi connectivity index (χ1) is 46.6. The molecule has 2 saturated heterocycles. The number of amides is 1. The minimum absolute atomic E-state index is 0.257. The van der Waals surface area contributed by atoms with Gasteiger partial charge in [-0.05, 0) is 109 Å². The summed E-state index contributed by atoms with van der Waals surface area (Å²) in [5.41, 5.74) is 0. The van der Waals surface area contributed by atoms with E-state index in [2.05, 4.69) is 141 Å². The third-order valence-corrected chi connectivity index (χ3v) is 17.5. The van der Waals surface area contributed by atoms with E-state index in [1.807, 2.05) is 6.08 Å². The van der Waals surface area contributed by atoms with Gasteiger partial charge in [0.2, 0.25) is 5.91 Å². The molecule has 0 aromatic rings. The molecule has 2 aliphatic heterocycles. The van der Waals surface area contributed by atoms with Gasteiger partial charge in [0.1, 0.15) is 48.8 Å². The topological polar surface area (TPSA) is 228 Å². The van der Waals surface area contributed by atoms with Crippen LogP contribution >= 0.6 is 0 Å². The summed E-state index contributed by atoms with van der Waals surface area (Å²) in [6.45, 7) is 2.67. The molecule has 2 fully saturated rings. The summed E-state index contributed by atoms with van der Waals surface area (Å²) in [6.07, 6.45) is 78.0. The fraction of sp³-hybridized carbons (Fsp3) is 0.716. The van der Waals surface area contributed by atoms with Crippen LogP contribution in [0.15, 0.2) is 134 Å². The second-order valence-corrected chi connectivity index (χ2v) is 26.0. The Kier molecular flexibility index (Phi) is 58.4. The molecule has 2 aliphatic rings. The average Bonchev–Trinajstić information content (AvgIpc) is 0.801. The van der Waals surface area contributed by atoms with E-state index < -0.39 is 86.8 Å². The molecule has 2 rings (SSSR count). The van der Waals surface area contributed by atoms with Crippen molar-refractivity contribution in [1.82, 2.24) is 5.32 Å². The van der Waals surface area contributed by atoms with E-state index in [0.29, 0.717) is 12.8 Å². The molecule has 0 aromatic heterocycles. The number of carbonyl (C=O) groups excluding carboxylic acids is 1. The minimum Gasteiger partial charge on any atom is -0.394 e. The zero-order valence-electron chi connectivity index (χ0n) is 59.4. The van der Waals surface area contributed by atoms with Crippen molar-refractivity contribution in [1.29, 1.82) is 0 Å². The van der Waals surface area contributed by atoms with Crippen LogP contribution in [0.1, 0.15) is 277 Å². The van der Waals surface area contributed by atoms with Crippen LogP contribution in [0.3, 0.4) is 0 Å². The van der Waals surface area contributed by atoms with Gasteiger partial charge in [0.15, 0.2) is 12.6 Å². The SMILES string of the molecule is CC/C=C\C/C=C\C/C=C\C/C=C\C/C=C\C/C=C\C/C=C\C/C=C\CCCCCCCCCCCCCCCCC(=O)NC(COC1OC(CO)C(OC2OC(CO)C(O)C(O)C2O)C(O)C1O)C(O)/C=C/CC/C=C/CC/C=C/CCCCCCCCCCCCCC. The number of hydrogen-bond acceptors (Lipinski definition) is 13. The Morgan fingerprint density at radius 1 is 0.389 bits per heavy atom. The van der Waals surface area contributed by atoms with E-state index in [-0.39, 0.29) is 18.9 Å². The molecule has 14 nitrogen and oxygen atoms in total. The molecule has 1 amide bonds. The molecular weight excluding hydrogens is 1190 g/mol. The average molecular weight is 1330 g/mol. The molecule has 0 bridgehead atoms. The molecule has 0 spiro atoms. The quantitative estimate of drug-likeness (QED) is 0.0204. The lowest BCUT2D eigenvalue weighted by Crippen LogP contribution is -2.65. The van der Waals surface area contributed by atoms with Gasteiger partial charge < -0.3 is 65.1 Å². The summed E-state index contributed by atoms with van der Waals surface area (Å²) in [5, 5.41) is 87.5. The van der Waals surface area contributed by atoms with Gasteiger partial charge in [-0.1, -0.05) is 295 Å². The molecular formula is C81H137NO13. The second kappa shape index (κ2) is 63.6. The summed E-state index contributed by atoms with van der Waals surface area (Å²) in [4.78, 5) is 13.4. The fourth-order valence-corrected chi connectivity index (χ4v) is 11.6. The van der Waals surface area contributed by atoms with Gasteiger partial charge >= 0.3 is 0 Å². The van der Waals surface area contributed by atoms with E-state index in [1.54, 1.807) is 6.08 Å². The summed E-state index contributed by atoms with van der Waals surface area (Å²) in [5.74, 6) is -0.257. The Hall–Kier alpha value is -3.87. The van der Waals surface area contributed by atoms with Gasteiger partial charge in [0.25, 0.3) is 0 Å². The highest BCUT2D eigenvalue weighted by Gasteiger charge is 2.51. The maximum atomic E-state index is 13.4. The van der Waals surface area contributed by atoms with Crippen molar-refractivity contribution in [3.05, 3.63) is 134 Å². The first-order valence-corrected chi connectivity index (χ1v) is 37.9. The number of unbranched alkanes of at least 4 members (excludes halogenated alkanes) is 28. The monoisotopic (exact) mass is 1330 g/mol. The van der Waals surface area contributed by atoms with Crippen molar-refractivity contribution < 1.29 is 64.6 Å². The lowest BCUT2D eigenvalue weighted by molar-refractivity contribution is -0.359. The van der Waals surface area contributed by atoms with Crippen LogP contribution in [0.4, 0.5) is 0 Å². The van der Waals surface area contributed by atoms with Crippen LogP contribution < -0.4 is 5.32 Å². The number of carbonyl (C=O) groups is 1. The highest BCUT2D eigenvalue weighted by atomic mass is 16.7. The molecule has 9 N–H and O–H groups in total. The lowest BCUT2D eigenvalue weighted by Gasteiger charge is -2.46. The lowest BCUT2D eigenvalue weighted by atomic mass is 9.97. The number of nitrogens with one attached hydrogen (secondary N) is 1. The number of ether oxygens (including phenoxy) is 4. The van der Waals surface area contributed by atoms with Gasteiger partial charge in [-0.2, -0.15) is 0 Å². The first-order valence-electron chi connectivity index (χ1n) is 37.9. The standard InChI is InChI=1S/C81H137NO13/c1-3-5-7-9-11-13-15-17-19-21-23-25-27-28-29-30-31-32-33-34-35-36-37-38-39-40-41-42-43-45-47-49-51-53-55-57-59-61-63-65-73(86)82-69(68-92-80-78(91)76(89)79(72(67-84)94-80)95-81-77(90)75(88)74(87)71(66-83)93-81)70(85)64-62-60-58-56-54-52-50-48-46-44-26-24-22-20-18-16-14-12-10-8-6-4-2/h5,7,11,13,17,19,23,25,28-29,31-32,34-35,37-38,46,48,54,56,62,64,69-72,74-81,83-85,87-91H,3-4,6,8-10,12,14-16,18,20-22,24,26-27,30,33,36,39-45,47,49-53,55,57-61,63,65-68H2,1-2H3,(H,82,86)/b7-5-,13-11-,19-17-,25-23-,29-28-,32-31-,35-34-,38-37-,48-46+,56-54+,64-62+. The zero-order valence-corrected chi connectivity index (χ0v) is 59.4. The maximum Gasteiger partial charge on any atom is 0.220 e. The highest BCUT2D eigenvalue weighted by Crippen LogP contribution is 2.30. The molecule has 12 atom stereocenters. The maximum absolute atomic E-state index is 13.4. The molecule has 0 saturated carbocycles. The van der Waals surface area contributed by atoms with E-state index >= 15 is 0 Å². The van der Waals surface area contributed by atoms with E-state index in [9.17, 15) is 45.6 Å². The first kappa shape index (κ1) is 87.2. The van der Waals surface area contributed by atoms with Crippen LogP contribution in [0.2, 0.25) is 0 Å². The van der Waals surface area contributed by atoms with Crippen molar-refractivity contribution in [3.8, 4) is 0 Å². The van der Waals surface area contributed by atoms with E-state index in [1.165, 1.54) is 141 Å². The third-order valence-electron chi connectivity index (χ3n) is 17.5. The minimum atomic E-state index is -1.80. The van der Waals surface area contributed by atoms with Crippen LogP contribution in [0.5, 0.6) is 0 Å². The van der Waals surface area contributed by atoms with E-state index in [0.717, 1.165) is 103 Å². The number of aliphatic hydroxyl groups excluding tert-OH is 8. The summed E-state index contributed by atoms with van der Waals surface area (Å²) >= 11 is 0. The van der Waals surface area contributed by atoms with Gasteiger partial charge in [0, 0.05) is 6.42 Å². The van der Waals surface area contributed by atoms with Gasteiger partial charge in [-0.15, -0.1) is 0 Å². The Labute approximate surface area is 577 Å². The van der Waals surface area contributed by atoms with Crippen LogP contribution in [-0.2, 0) is 23.7 Å². The van der Waals surface area contributed by atoms with Crippen molar-refractivity contribution in [2.45, 2.75) is 351 Å². The summed E-state index contributed by atoms with van der Waals surface area (Å²) in [6, 6.07) is -0.947. The normalized spacial score (nSPS) is 23.1. The van der Waals surface area contributed by atoms with Crippen LogP contribution in [0, 0.1) is 0 Å². The largest absolute Gasteiger partial charge is 0.394 e. The smallest absolute Gasteiger partial charge is 0.220 e.